The third kappa shape index (κ3) is 3.85. The maximum atomic E-state index is 12.5. The topological polar surface area (TPSA) is 49.4 Å². The van der Waals surface area contributed by atoms with E-state index in [2.05, 4.69) is 81.2 Å². The number of carbonyl (C=O) groups excluding carboxylic acids is 2. The number of amides is 1. The van der Waals surface area contributed by atoms with Gasteiger partial charge in [-0.1, -0.05) is 52.0 Å². The molecule has 0 radical (unpaired) electrons. The van der Waals surface area contributed by atoms with E-state index in [-0.39, 0.29) is 10.8 Å². The number of anilines is 1. The van der Waals surface area contributed by atoms with Gasteiger partial charge in [-0.25, -0.2) is 0 Å². The van der Waals surface area contributed by atoms with Crippen molar-refractivity contribution in [2.45, 2.75) is 69.6 Å². The fourth-order valence-electron chi connectivity index (χ4n) is 5.12. The van der Waals surface area contributed by atoms with Gasteiger partial charge >= 0.3 is 0 Å². The van der Waals surface area contributed by atoms with E-state index in [9.17, 15) is 9.59 Å². The molecule has 170 valence electrons. The lowest BCUT2D eigenvalue weighted by molar-refractivity contribution is -0.132. The summed E-state index contributed by atoms with van der Waals surface area (Å²) in [6.07, 6.45) is 2.83. The summed E-state index contributed by atoms with van der Waals surface area (Å²) < 4.78 is 0. The number of fused-ring (bicyclic) bond motifs is 1. The van der Waals surface area contributed by atoms with Crippen molar-refractivity contribution in [1.82, 2.24) is 5.32 Å². The molecule has 1 atom stereocenters. The highest BCUT2D eigenvalue weighted by Crippen LogP contribution is 2.50. The highest BCUT2D eigenvalue weighted by atomic mass is 32.2. The SMILES string of the molecule is Cc1cc2c(cc1C1(Cc3ccc(N(C)C)cc3)NC(=O)C(=O)S1)C(C)(C)CCC2(C)C. The molecule has 0 spiro atoms. The van der Waals surface area contributed by atoms with Crippen molar-refractivity contribution in [3.63, 3.8) is 0 Å². The minimum Gasteiger partial charge on any atom is -0.378 e. The Labute approximate surface area is 196 Å². The number of thioether (sulfide) groups is 1. The van der Waals surface area contributed by atoms with E-state index in [1.54, 1.807) is 0 Å². The Balaban J connectivity index is 1.84. The first kappa shape index (κ1) is 22.9. The van der Waals surface area contributed by atoms with Crippen LogP contribution in [0.1, 0.15) is 68.4 Å². The lowest BCUT2D eigenvalue weighted by atomic mass is 9.62. The van der Waals surface area contributed by atoms with Gasteiger partial charge in [-0.05, 0) is 82.3 Å². The first-order valence-corrected chi connectivity index (χ1v) is 12.1. The van der Waals surface area contributed by atoms with Gasteiger partial charge in [-0.2, -0.15) is 0 Å². The minimum atomic E-state index is -0.787. The molecule has 2 aromatic carbocycles. The lowest BCUT2D eigenvalue weighted by Crippen LogP contribution is -2.41. The molecule has 0 saturated carbocycles. The molecule has 32 heavy (non-hydrogen) atoms. The molecule has 4 nitrogen and oxygen atoms in total. The third-order valence-electron chi connectivity index (χ3n) is 7.31. The third-order valence-corrected chi connectivity index (χ3v) is 8.49. The number of rotatable bonds is 4. The van der Waals surface area contributed by atoms with E-state index >= 15 is 0 Å². The van der Waals surface area contributed by atoms with Gasteiger partial charge in [0.2, 0.25) is 0 Å². The molecule has 1 aliphatic carbocycles. The monoisotopic (exact) mass is 450 g/mol. The Morgan fingerprint density at radius 2 is 1.47 bits per heavy atom. The zero-order valence-electron chi connectivity index (χ0n) is 20.3. The van der Waals surface area contributed by atoms with Crippen molar-refractivity contribution in [3.8, 4) is 0 Å². The van der Waals surface area contributed by atoms with Crippen LogP contribution in [0.2, 0.25) is 0 Å². The van der Waals surface area contributed by atoms with E-state index < -0.39 is 15.9 Å². The fraction of sp³-hybridized carbons (Fsp3) is 0.481. The van der Waals surface area contributed by atoms with Crippen LogP contribution in [-0.4, -0.2) is 25.1 Å². The van der Waals surface area contributed by atoms with Gasteiger partial charge in [0.05, 0.1) is 0 Å². The normalized spacial score (nSPS) is 23.6. The van der Waals surface area contributed by atoms with Crippen molar-refractivity contribution in [3.05, 3.63) is 64.2 Å². The van der Waals surface area contributed by atoms with Gasteiger partial charge in [-0.3, -0.25) is 9.59 Å². The van der Waals surface area contributed by atoms with Crippen LogP contribution in [0.25, 0.3) is 0 Å². The van der Waals surface area contributed by atoms with Crippen LogP contribution in [0.15, 0.2) is 36.4 Å². The van der Waals surface area contributed by atoms with Gasteiger partial charge in [0, 0.05) is 26.2 Å². The first-order valence-electron chi connectivity index (χ1n) is 11.3. The van der Waals surface area contributed by atoms with Crippen molar-refractivity contribution >= 4 is 28.5 Å². The summed E-state index contributed by atoms with van der Waals surface area (Å²) in [5, 5.41) is 2.67. The van der Waals surface area contributed by atoms with Crippen molar-refractivity contribution in [2.75, 3.05) is 19.0 Å². The van der Waals surface area contributed by atoms with Crippen LogP contribution < -0.4 is 10.2 Å². The number of benzene rings is 2. The Kier molecular flexibility index (Phi) is 5.48. The maximum absolute atomic E-state index is 12.5. The van der Waals surface area contributed by atoms with Crippen LogP contribution in [0.4, 0.5) is 5.69 Å². The molecule has 2 aromatic rings. The molecule has 1 heterocycles. The van der Waals surface area contributed by atoms with Gasteiger partial charge < -0.3 is 10.2 Å². The molecule has 1 fully saturated rings. The second-order valence-electron chi connectivity index (χ2n) is 10.9. The largest absolute Gasteiger partial charge is 0.378 e. The van der Waals surface area contributed by atoms with Crippen molar-refractivity contribution in [1.29, 1.82) is 0 Å². The van der Waals surface area contributed by atoms with Crippen molar-refractivity contribution in [2.24, 2.45) is 0 Å². The second-order valence-corrected chi connectivity index (χ2v) is 12.2. The second kappa shape index (κ2) is 7.65. The molecule has 0 bridgehead atoms. The molecule has 0 aromatic heterocycles. The number of aryl methyl sites for hydroxylation is 1. The van der Waals surface area contributed by atoms with Crippen LogP contribution >= 0.6 is 11.8 Å². The molecule has 4 rings (SSSR count). The summed E-state index contributed by atoms with van der Waals surface area (Å²) in [6, 6.07) is 12.9. The maximum Gasteiger partial charge on any atom is 0.300 e. The van der Waals surface area contributed by atoms with Gasteiger partial charge in [0.1, 0.15) is 4.87 Å². The zero-order chi connectivity index (χ0) is 23.5. The van der Waals surface area contributed by atoms with E-state index in [4.69, 9.17) is 0 Å². The number of nitrogens with one attached hydrogen (secondary N) is 1. The first-order chi connectivity index (χ1) is 14.8. The fourth-order valence-corrected chi connectivity index (χ4v) is 6.29. The summed E-state index contributed by atoms with van der Waals surface area (Å²) in [6.45, 7) is 11.4. The number of carbonyl (C=O) groups is 2. The molecule has 1 N–H and O–H groups in total. The van der Waals surface area contributed by atoms with Crippen LogP contribution in [0, 0.1) is 6.92 Å². The van der Waals surface area contributed by atoms with E-state index in [0.717, 1.165) is 47.0 Å². The van der Waals surface area contributed by atoms with Crippen LogP contribution in [-0.2, 0) is 31.7 Å². The lowest BCUT2D eigenvalue weighted by Gasteiger charge is -2.43. The Morgan fingerprint density at radius 1 is 0.906 bits per heavy atom. The minimum absolute atomic E-state index is 0.0547. The average molecular weight is 451 g/mol. The Morgan fingerprint density at radius 3 is 1.97 bits per heavy atom. The molecule has 5 heteroatoms. The number of hydrogen-bond acceptors (Lipinski definition) is 4. The summed E-state index contributed by atoms with van der Waals surface area (Å²) >= 11 is 1.13. The predicted octanol–water partition coefficient (Wildman–Crippen LogP) is 5.20. The van der Waals surface area contributed by atoms with Gasteiger partial charge in [0.15, 0.2) is 0 Å². The zero-order valence-corrected chi connectivity index (χ0v) is 21.1. The molecular weight excluding hydrogens is 416 g/mol. The van der Waals surface area contributed by atoms with Crippen LogP contribution in [0.3, 0.4) is 0 Å². The summed E-state index contributed by atoms with van der Waals surface area (Å²) in [5.41, 5.74) is 7.28. The summed E-state index contributed by atoms with van der Waals surface area (Å²) in [5.74, 6) is -0.503. The van der Waals surface area contributed by atoms with Gasteiger partial charge in [-0.15, -0.1) is 0 Å². The molecule has 1 saturated heterocycles. The molecule has 1 amide bonds. The standard InChI is InChI=1S/C27H34N2O2S/c1-17-14-21-22(26(4,5)13-12-25(21,2)3)15-20(17)27(28-23(30)24(31)32-27)16-18-8-10-19(11-9-18)29(6)7/h8-11,14-15H,12-13,16H2,1-7H3,(H,28,30). The Bertz CT molecular complexity index is 1070. The molecule has 1 unspecified atom stereocenters. The average Bonchev–Trinajstić information content (AvgIpc) is 2.99. The quantitative estimate of drug-likeness (QED) is 0.651. The van der Waals surface area contributed by atoms with Crippen LogP contribution in [0.5, 0.6) is 0 Å². The summed E-state index contributed by atoms with van der Waals surface area (Å²) in [4.78, 5) is 26.2. The van der Waals surface area contributed by atoms with E-state index in [1.807, 2.05) is 14.1 Å². The molecule has 2 aliphatic rings. The Hall–Kier alpha value is -2.27. The summed E-state index contributed by atoms with van der Waals surface area (Å²) in [7, 11) is 4.03. The highest BCUT2D eigenvalue weighted by molar-refractivity contribution is 8.16. The van der Waals surface area contributed by atoms with Crippen molar-refractivity contribution < 1.29 is 9.59 Å². The predicted molar refractivity (Wildman–Crippen MR) is 133 cm³/mol. The smallest absolute Gasteiger partial charge is 0.300 e. The number of nitrogens with zero attached hydrogens (tertiary/aromatic N) is 1. The molecule has 1 aliphatic heterocycles. The molecular formula is C27H34N2O2S. The van der Waals surface area contributed by atoms with Gasteiger partial charge in [0.25, 0.3) is 11.0 Å². The number of hydrogen-bond donors (Lipinski definition) is 1. The van der Waals surface area contributed by atoms with E-state index in [1.165, 1.54) is 11.1 Å². The van der Waals surface area contributed by atoms with E-state index in [0.29, 0.717) is 6.42 Å². The highest BCUT2D eigenvalue weighted by Gasteiger charge is 2.48.